The van der Waals surface area contributed by atoms with Gasteiger partial charge in [-0.1, -0.05) is 12.1 Å². The molecule has 3 aromatic rings. The zero-order valence-corrected chi connectivity index (χ0v) is 14.7. The van der Waals surface area contributed by atoms with Crippen LogP contribution >= 0.6 is 12.2 Å². The first-order valence-electron chi connectivity index (χ1n) is 7.78. The number of aromatic carboxylic acids is 1. The van der Waals surface area contributed by atoms with Crippen molar-refractivity contribution in [2.24, 2.45) is 0 Å². The quantitative estimate of drug-likeness (QED) is 0.645. The van der Waals surface area contributed by atoms with E-state index in [-0.39, 0.29) is 32.8 Å². The number of fused-ring (bicyclic) bond motifs is 1. The second-order valence-electron chi connectivity index (χ2n) is 5.47. The Kier molecular flexibility index (Phi) is 5.00. The summed E-state index contributed by atoms with van der Waals surface area (Å²) in [6, 6.07) is 6.90. The summed E-state index contributed by atoms with van der Waals surface area (Å²) in [5.74, 6) is -1.42. The molecule has 0 radical (unpaired) electrons. The predicted molar refractivity (Wildman–Crippen MR) is 95.9 cm³/mol. The van der Waals surface area contributed by atoms with Crippen molar-refractivity contribution in [1.82, 2.24) is 14.5 Å². The molecule has 0 spiro atoms. The highest BCUT2D eigenvalue weighted by Crippen LogP contribution is 2.27. The van der Waals surface area contributed by atoms with Gasteiger partial charge in [0.1, 0.15) is 11.4 Å². The van der Waals surface area contributed by atoms with Crippen LogP contribution in [0.4, 0.5) is 8.78 Å². The van der Waals surface area contributed by atoms with Gasteiger partial charge in [0, 0.05) is 12.1 Å². The van der Waals surface area contributed by atoms with Gasteiger partial charge in [-0.2, -0.15) is 8.78 Å². The Balaban J connectivity index is 2.34. The number of hydrogen-bond donors (Lipinski definition) is 2. The lowest BCUT2D eigenvalue weighted by Gasteiger charge is -2.12. The number of aryl methyl sites for hydroxylation is 1. The first kappa shape index (κ1) is 18.6. The number of aromatic nitrogens is 3. The number of alkyl halides is 2. The Morgan fingerprint density at radius 3 is 2.78 bits per heavy atom. The normalized spacial score (nSPS) is 11.1. The molecule has 3 rings (SSSR count). The van der Waals surface area contributed by atoms with Gasteiger partial charge in [-0.05, 0) is 37.3 Å². The van der Waals surface area contributed by atoms with Crippen LogP contribution in [-0.4, -0.2) is 32.2 Å². The Labute approximate surface area is 155 Å². The molecule has 0 unspecified atom stereocenters. The van der Waals surface area contributed by atoms with E-state index in [1.165, 1.54) is 28.8 Å². The topological polar surface area (TPSA) is 97.2 Å². The predicted octanol–water partition coefficient (Wildman–Crippen LogP) is 3.44. The summed E-state index contributed by atoms with van der Waals surface area (Å²) in [7, 11) is 0. The molecule has 2 aromatic heterocycles. The molecule has 0 aliphatic carbocycles. The molecule has 140 valence electrons. The average molecular weight is 393 g/mol. The van der Waals surface area contributed by atoms with E-state index in [1.807, 2.05) is 0 Å². The molecule has 0 aliphatic rings. The molecule has 7 nitrogen and oxygen atoms in total. The molecule has 10 heteroatoms. The van der Waals surface area contributed by atoms with Gasteiger partial charge in [-0.3, -0.25) is 9.78 Å². The molecule has 0 amide bonds. The number of rotatable bonds is 5. The maximum atomic E-state index is 12.5. The molecule has 2 heterocycles. The number of hydrogen-bond acceptors (Lipinski definition) is 5. The molecule has 0 saturated carbocycles. The third kappa shape index (κ3) is 3.56. The van der Waals surface area contributed by atoms with Crippen molar-refractivity contribution in [2.75, 3.05) is 0 Å². The van der Waals surface area contributed by atoms with Crippen molar-refractivity contribution in [3.05, 3.63) is 51.0 Å². The maximum absolute atomic E-state index is 12.5. The highest BCUT2D eigenvalue weighted by Gasteiger charge is 2.19. The molecular formula is C17H13F2N3O4S. The Morgan fingerprint density at radius 1 is 1.41 bits per heavy atom. The lowest BCUT2D eigenvalue weighted by molar-refractivity contribution is -0.0498. The largest absolute Gasteiger partial charge is 0.478 e. The molecule has 27 heavy (non-hydrogen) atoms. The van der Waals surface area contributed by atoms with E-state index < -0.39 is 18.1 Å². The molecule has 0 fully saturated rings. The van der Waals surface area contributed by atoms with E-state index >= 15 is 0 Å². The second-order valence-corrected chi connectivity index (χ2v) is 5.86. The third-order valence-electron chi connectivity index (χ3n) is 3.85. The van der Waals surface area contributed by atoms with E-state index in [2.05, 4.69) is 14.7 Å². The number of nitrogens with zero attached hydrogens (tertiary/aromatic N) is 2. The van der Waals surface area contributed by atoms with E-state index in [9.17, 15) is 23.5 Å². The summed E-state index contributed by atoms with van der Waals surface area (Å²) in [5, 5.41) is 9.44. The standard InChI is InChI=1S/C17H13F2N3O4S/c1-2-22-13-12(14(23)21-17(22)27)10(15(24)25)7-11(20-13)8-4-3-5-9(6-8)26-16(18)19/h3-7,16H,2H2,1H3,(H,24,25)(H,21,23,27). The van der Waals surface area contributed by atoms with Crippen LogP contribution in [0, 0.1) is 4.77 Å². The molecule has 0 aliphatic heterocycles. The fourth-order valence-corrected chi connectivity index (χ4v) is 3.02. The summed E-state index contributed by atoms with van der Waals surface area (Å²) in [6.07, 6.45) is 0. The number of aromatic amines is 1. The Hall–Kier alpha value is -3.14. The van der Waals surface area contributed by atoms with E-state index in [0.29, 0.717) is 12.1 Å². The fourth-order valence-electron chi connectivity index (χ4n) is 2.72. The molecule has 0 saturated heterocycles. The highest BCUT2D eigenvalue weighted by molar-refractivity contribution is 7.71. The van der Waals surface area contributed by atoms with Gasteiger partial charge in [0.15, 0.2) is 4.77 Å². The van der Waals surface area contributed by atoms with E-state index in [4.69, 9.17) is 12.2 Å². The first-order chi connectivity index (χ1) is 12.8. The second kappa shape index (κ2) is 7.23. The minimum Gasteiger partial charge on any atom is -0.478 e. The van der Waals surface area contributed by atoms with Crippen molar-refractivity contribution >= 4 is 29.2 Å². The number of pyridine rings is 1. The van der Waals surface area contributed by atoms with Crippen LogP contribution < -0.4 is 10.3 Å². The number of H-pyrrole nitrogens is 1. The first-order valence-corrected chi connectivity index (χ1v) is 8.19. The van der Waals surface area contributed by atoms with Gasteiger partial charge in [0.2, 0.25) is 0 Å². The number of halogens is 2. The summed E-state index contributed by atoms with van der Waals surface area (Å²) in [5.41, 5.74) is -0.297. The van der Waals surface area contributed by atoms with Gasteiger partial charge in [0.25, 0.3) is 5.56 Å². The van der Waals surface area contributed by atoms with Gasteiger partial charge >= 0.3 is 12.6 Å². The smallest absolute Gasteiger partial charge is 0.387 e. The SMILES string of the molecule is CCn1c(=S)[nH]c(=O)c2c(C(=O)O)cc(-c3cccc(OC(F)F)c3)nc21. The van der Waals surface area contributed by atoms with Crippen molar-refractivity contribution in [2.45, 2.75) is 20.1 Å². The number of carbonyl (C=O) groups is 1. The minimum absolute atomic E-state index is 0.0977. The number of carboxylic acid groups (broad SMARTS) is 1. The zero-order valence-electron chi connectivity index (χ0n) is 13.9. The van der Waals surface area contributed by atoms with Crippen molar-refractivity contribution < 1.29 is 23.4 Å². The monoisotopic (exact) mass is 393 g/mol. The minimum atomic E-state index is -3.00. The molecule has 1 aromatic carbocycles. The third-order valence-corrected chi connectivity index (χ3v) is 4.17. The number of carboxylic acids is 1. The van der Waals surface area contributed by atoms with Crippen LogP contribution in [0.3, 0.4) is 0 Å². The molecule has 0 atom stereocenters. The summed E-state index contributed by atoms with van der Waals surface area (Å²) in [4.78, 5) is 30.8. The Morgan fingerprint density at radius 2 is 2.15 bits per heavy atom. The van der Waals surface area contributed by atoms with Crippen LogP contribution in [0.15, 0.2) is 35.1 Å². The lowest BCUT2D eigenvalue weighted by atomic mass is 10.1. The summed E-state index contributed by atoms with van der Waals surface area (Å²) < 4.78 is 30.9. The van der Waals surface area contributed by atoms with Crippen molar-refractivity contribution in [3.63, 3.8) is 0 Å². The number of nitrogens with one attached hydrogen (secondary N) is 1. The molecule has 2 N–H and O–H groups in total. The maximum Gasteiger partial charge on any atom is 0.387 e. The van der Waals surface area contributed by atoms with Crippen LogP contribution in [0.5, 0.6) is 5.75 Å². The van der Waals surface area contributed by atoms with E-state index in [1.54, 1.807) is 13.0 Å². The molecule has 0 bridgehead atoms. The zero-order chi connectivity index (χ0) is 19.7. The molecular weight excluding hydrogens is 380 g/mol. The summed E-state index contributed by atoms with van der Waals surface area (Å²) in [6.45, 7) is -0.890. The van der Waals surface area contributed by atoms with Gasteiger partial charge in [-0.25, -0.2) is 9.78 Å². The van der Waals surface area contributed by atoms with Crippen molar-refractivity contribution in [3.8, 4) is 17.0 Å². The van der Waals surface area contributed by atoms with Crippen LogP contribution in [0.1, 0.15) is 17.3 Å². The summed E-state index contributed by atoms with van der Waals surface area (Å²) >= 11 is 5.12. The number of ether oxygens (including phenoxy) is 1. The van der Waals surface area contributed by atoms with Gasteiger partial charge in [0.05, 0.1) is 16.6 Å². The van der Waals surface area contributed by atoms with Crippen molar-refractivity contribution in [1.29, 1.82) is 0 Å². The van der Waals surface area contributed by atoms with Crippen LogP contribution in [0.25, 0.3) is 22.3 Å². The van der Waals surface area contributed by atoms with Gasteiger partial charge in [-0.15, -0.1) is 0 Å². The Bertz CT molecular complexity index is 1160. The average Bonchev–Trinajstić information content (AvgIpc) is 2.60. The van der Waals surface area contributed by atoms with Crippen LogP contribution in [0.2, 0.25) is 0 Å². The van der Waals surface area contributed by atoms with E-state index in [0.717, 1.165) is 0 Å². The number of benzene rings is 1. The lowest BCUT2D eigenvalue weighted by Crippen LogP contribution is -2.18. The highest BCUT2D eigenvalue weighted by atomic mass is 32.1. The fraction of sp³-hybridized carbons (Fsp3) is 0.176. The van der Waals surface area contributed by atoms with Gasteiger partial charge < -0.3 is 14.4 Å². The van der Waals surface area contributed by atoms with Crippen LogP contribution in [-0.2, 0) is 6.54 Å².